The average Bonchev–Trinajstić information content (AvgIpc) is 2.53. The molecule has 0 radical (unpaired) electrons. The molecule has 0 atom stereocenters. The zero-order valence-electron chi connectivity index (χ0n) is 14.1. The number of carbonyl (C=O) groups is 1. The molecule has 132 valence electrons. The Labute approximate surface area is 141 Å². The molecule has 1 aromatic carbocycles. The van der Waals surface area contributed by atoms with Crippen LogP contribution in [-0.2, 0) is 4.74 Å². The lowest BCUT2D eigenvalue weighted by Crippen LogP contribution is -2.57. The summed E-state index contributed by atoms with van der Waals surface area (Å²) in [5.41, 5.74) is 0.295. The first-order chi connectivity index (χ1) is 11.7. The van der Waals surface area contributed by atoms with Crippen LogP contribution in [0.25, 0.3) is 0 Å². The molecule has 1 aromatic rings. The summed E-state index contributed by atoms with van der Waals surface area (Å²) in [6, 6.07) is 3.22. The van der Waals surface area contributed by atoms with Crippen LogP contribution in [0.5, 0.6) is 17.2 Å². The minimum atomic E-state index is -0.274. The maximum absolute atomic E-state index is 12.4. The van der Waals surface area contributed by atoms with Crippen LogP contribution in [-0.4, -0.2) is 45.1 Å². The lowest BCUT2D eigenvalue weighted by atomic mass is 9.77. The van der Waals surface area contributed by atoms with Gasteiger partial charge in [0.05, 0.1) is 24.4 Å². The summed E-state index contributed by atoms with van der Waals surface area (Å²) >= 11 is 0. The molecule has 1 aliphatic carbocycles. The molecule has 24 heavy (non-hydrogen) atoms. The third kappa shape index (κ3) is 3.51. The van der Waals surface area contributed by atoms with Crippen molar-refractivity contribution in [3.05, 3.63) is 12.1 Å². The van der Waals surface area contributed by atoms with Crippen LogP contribution in [0.15, 0.2) is 12.1 Å². The summed E-state index contributed by atoms with van der Waals surface area (Å²) in [6.45, 7) is 3.89. The molecule has 2 aliphatic rings. The van der Waals surface area contributed by atoms with E-state index in [1.165, 1.54) is 0 Å². The van der Waals surface area contributed by atoms with Crippen molar-refractivity contribution in [2.45, 2.75) is 31.7 Å². The second kappa shape index (κ2) is 7.17. The van der Waals surface area contributed by atoms with Gasteiger partial charge in [0.15, 0.2) is 11.5 Å². The van der Waals surface area contributed by atoms with Crippen molar-refractivity contribution in [2.24, 2.45) is 0 Å². The molecule has 3 rings (SSSR count). The van der Waals surface area contributed by atoms with Crippen LogP contribution in [0.1, 0.15) is 26.2 Å². The Bertz CT molecular complexity index is 601. The molecule has 1 saturated carbocycles. The summed E-state index contributed by atoms with van der Waals surface area (Å²) < 4.78 is 22.0. The van der Waals surface area contributed by atoms with Gasteiger partial charge in [0, 0.05) is 19.2 Å². The minimum absolute atomic E-state index is 0.265. The number of fused-ring (bicyclic) bond motifs is 1. The molecule has 7 heteroatoms. The van der Waals surface area contributed by atoms with Gasteiger partial charge in [-0.05, 0) is 26.2 Å². The number of hydrogen-bond donors (Lipinski definition) is 2. The molecule has 2 amide bonds. The minimum Gasteiger partial charge on any atom is -0.492 e. The number of ether oxygens (including phenoxy) is 4. The number of rotatable bonds is 6. The van der Waals surface area contributed by atoms with Gasteiger partial charge in [-0.3, -0.25) is 0 Å². The Hall–Kier alpha value is -2.15. The molecule has 2 N–H and O–H groups in total. The van der Waals surface area contributed by atoms with E-state index in [2.05, 4.69) is 10.6 Å². The first-order valence-electron chi connectivity index (χ1n) is 8.30. The highest BCUT2D eigenvalue weighted by Crippen LogP contribution is 2.40. The number of nitrogens with one attached hydrogen (secondary N) is 2. The Morgan fingerprint density at radius 3 is 2.54 bits per heavy atom. The second-order valence-corrected chi connectivity index (χ2v) is 6.07. The fraction of sp³-hybridized carbons (Fsp3) is 0.588. The predicted octanol–water partition coefficient (Wildman–Crippen LogP) is 2.55. The van der Waals surface area contributed by atoms with Crippen LogP contribution in [0.4, 0.5) is 10.5 Å². The van der Waals surface area contributed by atoms with E-state index in [9.17, 15) is 4.79 Å². The maximum Gasteiger partial charge on any atom is 0.319 e. The van der Waals surface area contributed by atoms with Crippen molar-refractivity contribution in [1.82, 2.24) is 5.32 Å². The van der Waals surface area contributed by atoms with Crippen molar-refractivity contribution in [1.29, 1.82) is 0 Å². The van der Waals surface area contributed by atoms with E-state index in [0.717, 1.165) is 19.3 Å². The summed E-state index contributed by atoms with van der Waals surface area (Å²) in [7, 11) is 1.65. The fourth-order valence-corrected chi connectivity index (χ4v) is 3.02. The number of urea groups is 1. The van der Waals surface area contributed by atoms with Gasteiger partial charge in [0.25, 0.3) is 0 Å². The zero-order chi connectivity index (χ0) is 17.0. The first-order valence-corrected chi connectivity index (χ1v) is 8.30. The van der Waals surface area contributed by atoms with E-state index >= 15 is 0 Å². The third-order valence-corrected chi connectivity index (χ3v) is 4.30. The molecule has 1 fully saturated rings. The molecular formula is C17H24N2O5. The molecule has 0 bridgehead atoms. The number of amides is 2. The SMILES string of the molecule is CCOc1cc2c(cc1NC(=O)NC1(COC)CCC1)OCCO2. The number of methoxy groups -OCH3 is 1. The highest BCUT2D eigenvalue weighted by Gasteiger charge is 2.38. The Morgan fingerprint density at radius 2 is 1.96 bits per heavy atom. The molecule has 1 aliphatic heterocycles. The van der Waals surface area contributed by atoms with Gasteiger partial charge in [-0.15, -0.1) is 0 Å². The van der Waals surface area contributed by atoms with Crippen molar-refractivity contribution in [2.75, 3.05) is 38.9 Å². The summed E-state index contributed by atoms with van der Waals surface area (Å²) in [6.07, 6.45) is 2.94. The molecule has 0 unspecified atom stereocenters. The van der Waals surface area contributed by atoms with Crippen LogP contribution < -0.4 is 24.8 Å². The Morgan fingerprint density at radius 1 is 1.25 bits per heavy atom. The topological polar surface area (TPSA) is 78.1 Å². The van der Waals surface area contributed by atoms with Crippen molar-refractivity contribution in [3.8, 4) is 17.2 Å². The van der Waals surface area contributed by atoms with Gasteiger partial charge in [0.2, 0.25) is 0 Å². The quantitative estimate of drug-likeness (QED) is 0.835. The van der Waals surface area contributed by atoms with E-state index in [0.29, 0.717) is 49.4 Å². The van der Waals surface area contributed by atoms with E-state index in [1.807, 2.05) is 6.92 Å². The molecule has 0 saturated heterocycles. The number of hydrogen-bond acceptors (Lipinski definition) is 5. The molecule has 0 spiro atoms. The van der Waals surface area contributed by atoms with Gasteiger partial charge in [-0.25, -0.2) is 4.79 Å². The standard InChI is InChI=1S/C17H24N2O5/c1-3-22-13-10-15-14(23-7-8-24-15)9-12(13)18-16(20)19-17(11-21-2)5-4-6-17/h9-10H,3-8,11H2,1-2H3,(H2,18,19,20). The zero-order valence-corrected chi connectivity index (χ0v) is 14.1. The molecular weight excluding hydrogens is 312 g/mol. The third-order valence-electron chi connectivity index (χ3n) is 4.30. The van der Waals surface area contributed by atoms with E-state index in [4.69, 9.17) is 18.9 Å². The fourth-order valence-electron chi connectivity index (χ4n) is 3.02. The second-order valence-electron chi connectivity index (χ2n) is 6.07. The van der Waals surface area contributed by atoms with E-state index < -0.39 is 0 Å². The van der Waals surface area contributed by atoms with Gasteiger partial charge in [-0.1, -0.05) is 0 Å². The normalized spacial score (nSPS) is 17.6. The number of anilines is 1. The van der Waals surface area contributed by atoms with E-state index in [1.54, 1.807) is 19.2 Å². The lowest BCUT2D eigenvalue weighted by molar-refractivity contribution is 0.0648. The van der Waals surface area contributed by atoms with Crippen LogP contribution in [0.2, 0.25) is 0 Å². The van der Waals surface area contributed by atoms with Gasteiger partial charge < -0.3 is 29.6 Å². The van der Waals surface area contributed by atoms with Crippen LogP contribution >= 0.6 is 0 Å². The van der Waals surface area contributed by atoms with Crippen molar-refractivity contribution in [3.63, 3.8) is 0 Å². The van der Waals surface area contributed by atoms with Crippen LogP contribution in [0.3, 0.4) is 0 Å². The average molecular weight is 336 g/mol. The van der Waals surface area contributed by atoms with Gasteiger partial charge in [0.1, 0.15) is 19.0 Å². The predicted molar refractivity (Wildman–Crippen MR) is 89.2 cm³/mol. The summed E-state index contributed by atoms with van der Waals surface area (Å²) in [5.74, 6) is 1.80. The maximum atomic E-state index is 12.4. The smallest absolute Gasteiger partial charge is 0.319 e. The molecule has 1 heterocycles. The Kier molecular flexibility index (Phi) is 4.99. The first kappa shape index (κ1) is 16.7. The van der Waals surface area contributed by atoms with Gasteiger partial charge in [-0.2, -0.15) is 0 Å². The summed E-state index contributed by atoms with van der Waals surface area (Å²) in [5, 5.41) is 5.89. The van der Waals surface area contributed by atoms with Crippen LogP contribution in [0, 0.1) is 0 Å². The van der Waals surface area contributed by atoms with E-state index in [-0.39, 0.29) is 11.6 Å². The van der Waals surface area contributed by atoms with Crippen molar-refractivity contribution >= 4 is 11.7 Å². The van der Waals surface area contributed by atoms with Gasteiger partial charge >= 0.3 is 6.03 Å². The highest BCUT2D eigenvalue weighted by molar-refractivity contribution is 5.92. The molecule has 0 aromatic heterocycles. The Balaban J connectivity index is 1.74. The lowest BCUT2D eigenvalue weighted by Gasteiger charge is -2.41. The molecule has 7 nitrogen and oxygen atoms in total. The van der Waals surface area contributed by atoms with Crippen molar-refractivity contribution < 1.29 is 23.7 Å². The largest absolute Gasteiger partial charge is 0.492 e. The summed E-state index contributed by atoms with van der Waals surface area (Å²) in [4.78, 5) is 12.4. The number of benzene rings is 1. The number of carbonyl (C=O) groups excluding carboxylic acids is 1. The highest BCUT2D eigenvalue weighted by atomic mass is 16.6. The monoisotopic (exact) mass is 336 g/mol.